The molecular formula is C14H15Cl2N. The molecule has 0 aliphatic rings. The molecule has 1 aromatic carbocycles. The van der Waals surface area contributed by atoms with Crippen LogP contribution >= 0.6 is 23.2 Å². The Morgan fingerprint density at radius 2 is 1.65 bits per heavy atom. The van der Waals surface area contributed by atoms with Crippen molar-refractivity contribution in [2.24, 2.45) is 0 Å². The van der Waals surface area contributed by atoms with Crippen molar-refractivity contribution >= 4 is 23.2 Å². The van der Waals surface area contributed by atoms with Crippen LogP contribution in [0.4, 0.5) is 0 Å². The first kappa shape index (κ1) is 12.5. The molecule has 17 heavy (non-hydrogen) atoms. The van der Waals surface area contributed by atoms with Gasteiger partial charge in [0, 0.05) is 27.5 Å². The Hall–Kier alpha value is -0.920. The van der Waals surface area contributed by atoms with E-state index >= 15 is 0 Å². The van der Waals surface area contributed by atoms with E-state index < -0.39 is 0 Å². The number of benzene rings is 1. The summed E-state index contributed by atoms with van der Waals surface area (Å²) in [5.74, 6) is 0. The molecule has 1 heterocycles. The Labute approximate surface area is 112 Å². The summed E-state index contributed by atoms with van der Waals surface area (Å²) in [6, 6.07) is 5.62. The monoisotopic (exact) mass is 267 g/mol. The highest BCUT2D eigenvalue weighted by Crippen LogP contribution is 2.26. The zero-order valence-corrected chi connectivity index (χ0v) is 11.7. The van der Waals surface area contributed by atoms with Crippen molar-refractivity contribution in [3.05, 3.63) is 56.8 Å². The fourth-order valence-corrected chi connectivity index (χ4v) is 2.46. The third kappa shape index (κ3) is 2.36. The number of hydrogen-bond acceptors (Lipinski definition) is 0. The summed E-state index contributed by atoms with van der Waals surface area (Å²) >= 11 is 12.4. The highest BCUT2D eigenvalue weighted by molar-refractivity contribution is 6.35. The Morgan fingerprint density at radius 1 is 1.06 bits per heavy atom. The van der Waals surface area contributed by atoms with E-state index in [2.05, 4.69) is 31.5 Å². The zero-order valence-electron chi connectivity index (χ0n) is 10.2. The van der Waals surface area contributed by atoms with Crippen LogP contribution in [0.25, 0.3) is 0 Å². The average Bonchev–Trinajstić information content (AvgIpc) is 2.52. The molecule has 0 aliphatic heterocycles. The van der Waals surface area contributed by atoms with Gasteiger partial charge in [0.05, 0.1) is 6.54 Å². The van der Waals surface area contributed by atoms with E-state index in [-0.39, 0.29) is 0 Å². The van der Waals surface area contributed by atoms with Crippen molar-refractivity contribution in [1.29, 1.82) is 0 Å². The molecule has 0 aliphatic carbocycles. The quantitative estimate of drug-likeness (QED) is 0.739. The molecule has 0 bridgehead atoms. The second kappa shape index (κ2) is 4.75. The first-order chi connectivity index (χ1) is 8.00. The van der Waals surface area contributed by atoms with E-state index in [4.69, 9.17) is 23.2 Å². The van der Waals surface area contributed by atoms with E-state index in [1.165, 1.54) is 16.8 Å². The van der Waals surface area contributed by atoms with Crippen molar-refractivity contribution in [2.75, 3.05) is 0 Å². The van der Waals surface area contributed by atoms with Gasteiger partial charge in [-0.3, -0.25) is 0 Å². The molecule has 2 aromatic rings. The lowest BCUT2D eigenvalue weighted by atomic mass is 10.2. The van der Waals surface area contributed by atoms with Gasteiger partial charge in [-0.1, -0.05) is 29.3 Å². The normalized spacial score (nSPS) is 10.9. The van der Waals surface area contributed by atoms with Gasteiger partial charge >= 0.3 is 0 Å². The van der Waals surface area contributed by atoms with Gasteiger partial charge in [-0.25, -0.2) is 0 Å². The van der Waals surface area contributed by atoms with Gasteiger partial charge in [0.25, 0.3) is 0 Å². The first-order valence-corrected chi connectivity index (χ1v) is 6.32. The van der Waals surface area contributed by atoms with Crippen molar-refractivity contribution in [3.63, 3.8) is 0 Å². The van der Waals surface area contributed by atoms with Gasteiger partial charge in [0.15, 0.2) is 0 Å². The number of nitrogens with zero attached hydrogens (tertiary/aromatic N) is 1. The standard InChI is InChI=1S/C14H15Cl2N/c1-9-7-17(11(3)10(9)2)8-12-13(15)5-4-6-14(12)16/h4-7H,8H2,1-3H3. The van der Waals surface area contributed by atoms with Gasteiger partial charge in [-0.2, -0.15) is 0 Å². The molecule has 0 N–H and O–H groups in total. The number of rotatable bonds is 2. The minimum atomic E-state index is 0.721. The second-order valence-electron chi connectivity index (χ2n) is 4.35. The highest BCUT2D eigenvalue weighted by atomic mass is 35.5. The molecule has 0 amide bonds. The van der Waals surface area contributed by atoms with Gasteiger partial charge in [0.2, 0.25) is 0 Å². The Kier molecular flexibility index (Phi) is 3.50. The predicted molar refractivity (Wildman–Crippen MR) is 74.2 cm³/mol. The summed E-state index contributed by atoms with van der Waals surface area (Å²) in [7, 11) is 0. The largest absolute Gasteiger partial charge is 0.347 e. The van der Waals surface area contributed by atoms with Gasteiger partial charge in [-0.15, -0.1) is 0 Å². The highest BCUT2D eigenvalue weighted by Gasteiger charge is 2.10. The molecule has 90 valence electrons. The third-order valence-corrected chi connectivity index (χ3v) is 4.01. The number of halogens is 2. The minimum absolute atomic E-state index is 0.721. The number of hydrogen-bond donors (Lipinski definition) is 0. The smallest absolute Gasteiger partial charge is 0.0502 e. The maximum atomic E-state index is 6.18. The van der Waals surface area contributed by atoms with E-state index in [0.29, 0.717) is 0 Å². The molecule has 0 atom stereocenters. The van der Waals surface area contributed by atoms with Crippen molar-refractivity contribution in [3.8, 4) is 0 Å². The van der Waals surface area contributed by atoms with E-state index in [0.717, 1.165) is 22.2 Å². The lowest BCUT2D eigenvalue weighted by molar-refractivity contribution is 0.773. The number of aryl methyl sites for hydroxylation is 1. The van der Waals surface area contributed by atoms with Gasteiger partial charge in [-0.05, 0) is 44.0 Å². The predicted octanol–water partition coefficient (Wildman–Crippen LogP) is 4.77. The summed E-state index contributed by atoms with van der Waals surface area (Å²) < 4.78 is 2.19. The maximum absolute atomic E-state index is 6.18. The van der Waals surface area contributed by atoms with E-state index in [1.54, 1.807) is 0 Å². The molecule has 1 aromatic heterocycles. The summed E-state index contributed by atoms with van der Waals surface area (Å²) in [6.07, 6.45) is 2.14. The third-order valence-electron chi connectivity index (χ3n) is 3.30. The molecule has 3 heteroatoms. The van der Waals surface area contributed by atoms with Crippen LogP contribution in [0.3, 0.4) is 0 Å². The van der Waals surface area contributed by atoms with Crippen LogP contribution in [0.1, 0.15) is 22.4 Å². The Balaban J connectivity index is 2.41. The molecule has 1 nitrogen and oxygen atoms in total. The molecule has 0 fully saturated rings. The first-order valence-electron chi connectivity index (χ1n) is 5.56. The SMILES string of the molecule is Cc1cn(Cc2c(Cl)cccc2Cl)c(C)c1C. The van der Waals surface area contributed by atoms with E-state index in [9.17, 15) is 0 Å². The second-order valence-corrected chi connectivity index (χ2v) is 5.17. The topological polar surface area (TPSA) is 4.93 Å². The minimum Gasteiger partial charge on any atom is -0.347 e. The molecule has 2 rings (SSSR count). The molecule has 0 unspecified atom stereocenters. The molecule has 0 spiro atoms. The lowest BCUT2D eigenvalue weighted by Crippen LogP contribution is -2.02. The zero-order chi connectivity index (χ0) is 12.6. The van der Waals surface area contributed by atoms with Crippen molar-refractivity contribution in [2.45, 2.75) is 27.3 Å². The Bertz CT molecular complexity index is 535. The molecular weight excluding hydrogens is 253 g/mol. The van der Waals surface area contributed by atoms with Crippen LogP contribution in [0.15, 0.2) is 24.4 Å². The van der Waals surface area contributed by atoms with Crippen LogP contribution in [0.5, 0.6) is 0 Å². The summed E-state index contributed by atoms with van der Waals surface area (Å²) in [5, 5.41) is 1.45. The maximum Gasteiger partial charge on any atom is 0.0502 e. The fourth-order valence-electron chi connectivity index (χ4n) is 1.95. The molecule has 0 saturated carbocycles. The average molecular weight is 268 g/mol. The van der Waals surface area contributed by atoms with Crippen LogP contribution in [-0.4, -0.2) is 4.57 Å². The van der Waals surface area contributed by atoms with Crippen LogP contribution in [-0.2, 0) is 6.54 Å². The fraction of sp³-hybridized carbons (Fsp3) is 0.286. The lowest BCUT2D eigenvalue weighted by Gasteiger charge is -2.10. The van der Waals surface area contributed by atoms with Crippen LogP contribution in [0.2, 0.25) is 10.0 Å². The molecule has 0 saturated heterocycles. The van der Waals surface area contributed by atoms with Crippen LogP contribution < -0.4 is 0 Å². The van der Waals surface area contributed by atoms with Crippen LogP contribution in [0, 0.1) is 20.8 Å². The Morgan fingerprint density at radius 3 is 2.12 bits per heavy atom. The van der Waals surface area contributed by atoms with Crippen molar-refractivity contribution in [1.82, 2.24) is 4.57 Å². The summed E-state index contributed by atoms with van der Waals surface area (Å²) in [4.78, 5) is 0. The van der Waals surface area contributed by atoms with Gasteiger partial charge in [0.1, 0.15) is 0 Å². The number of aromatic nitrogens is 1. The van der Waals surface area contributed by atoms with Crippen molar-refractivity contribution < 1.29 is 0 Å². The summed E-state index contributed by atoms with van der Waals surface area (Å²) in [5.41, 5.74) is 4.87. The summed E-state index contributed by atoms with van der Waals surface area (Å²) in [6.45, 7) is 7.09. The van der Waals surface area contributed by atoms with E-state index in [1.807, 2.05) is 18.2 Å². The van der Waals surface area contributed by atoms with Gasteiger partial charge < -0.3 is 4.57 Å². The molecule has 0 radical (unpaired) electrons.